The van der Waals surface area contributed by atoms with E-state index >= 15 is 0 Å². The number of anilines is 3. The Bertz CT molecular complexity index is 3010. The van der Waals surface area contributed by atoms with E-state index in [1.807, 2.05) is 0 Å². The van der Waals surface area contributed by atoms with Crippen molar-refractivity contribution in [2.45, 2.75) is 26.2 Å². The Morgan fingerprint density at radius 3 is 1.96 bits per heavy atom. The lowest BCUT2D eigenvalue weighted by Gasteiger charge is -2.30. The molecule has 0 saturated heterocycles. The van der Waals surface area contributed by atoms with Gasteiger partial charge in [-0.25, -0.2) is 0 Å². The highest BCUT2D eigenvalue weighted by Crippen LogP contribution is 2.45. The second-order valence-electron chi connectivity index (χ2n) is 16.1. The lowest BCUT2D eigenvalue weighted by atomic mass is 9.99. The first-order valence-electron chi connectivity index (χ1n) is 19.0. The van der Waals surface area contributed by atoms with E-state index in [1.165, 1.54) is 87.0 Å². The summed E-state index contributed by atoms with van der Waals surface area (Å²) in [7, 11) is -3.97. The summed E-state index contributed by atoms with van der Waals surface area (Å²) >= 11 is 0. The van der Waals surface area contributed by atoms with E-state index in [2.05, 4.69) is 195 Å². The Labute approximate surface area is 318 Å². The van der Waals surface area contributed by atoms with Gasteiger partial charge in [-0.15, -0.1) is 0 Å². The summed E-state index contributed by atoms with van der Waals surface area (Å²) in [4.78, 5) is 2.53. The lowest BCUT2D eigenvalue weighted by Crippen LogP contribution is -2.49. The molecule has 0 spiro atoms. The highest BCUT2D eigenvalue weighted by molar-refractivity contribution is 7.04. The van der Waals surface area contributed by atoms with E-state index < -0.39 is 16.1 Å². The van der Waals surface area contributed by atoms with Gasteiger partial charge < -0.3 is 9.32 Å². The number of hydrogen-bond acceptors (Lipinski definition) is 2. The summed E-state index contributed by atoms with van der Waals surface area (Å²) in [5.74, 6) is 0. The second kappa shape index (κ2) is 11.3. The van der Waals surface area contributed by atoms with Crippen LogP contribution in [0.2, 0.25) is 26.2 Å². The molecule has 0 fully saturated rings. The van der Waals surface area contributed by atoms with Crippen LogP contribution in [0.5, 0.6) is 0 Å². The number of furan rings is 1. The summed E-state index contributed by atoms with van der Waals surface area (Å²) in [6.07, 6.45) is 0. The maximum atomic E-state index is 6.65. The summed E-state index contributed by atoms with van der Waals surface area (Å²) in [6.45, 7) is 10.0. The minimum atomic E-state index is -2.08. The third-order valence-electron chi connectivity index (χ3n) is 12.5. The van der Waals surface area contributed by atoms with Gasteiger partial charge in [0.1, 0.15) is 27.3 Å². The van der Waals surface area contributed by atoms with Gasteiger partial charge in [-0.2, -0.15) is 0 Å². The van der Waals surface area contributed by atoms with Crippen LogP contribution in [0.3, 0.4) is 0 Å². The number of benzene rings is 8. The fraction of sp³-hybridized carbons (Fsp3) is 0.0800. The molecule has 2 aliphatic rings. The van der Waals surface area contributed by atoms with Crippen molar-refractivity contribution in [1.29, 1.82) is 0 Å². The summed E-state index contributed by atoms with van der Waals surface area (Å²) in [5.41, 5.74) is 13.4. The van der Waals surface area contributed by atoms with Crippen LogP contribution in [0.1, 0.15) is 0 Å². The van der Waals surface area contributed by atoms with Gasteiger partial charge in [0.05, 0.1) is 5.69 Å². The Kier molecular flexibility index (Phi) is 6.60. The van der Waals surface area contributed by atoms with E-state index in [0.717, 1.165) is 16.9 Å². The standard InChI is InChI=1S/C50H39NOSi2/c1-53(2)44-18-10-8-15-40(44)48-42(16-11-19-45(48)53)51(36-24-22-33(23-25-36)35-21-20-32-12-5-6-13-34(32)30-35)37-26-27-41-47(31-37)54(3,4)46-29-28-39-38-14-7-9-17-43(38)52-50(39)49(41)46/h5-31H,1-4H3. The number of hydrogen-bond donors (Lipinski definition) is 0. The molecule has 0 amide bonds. The smallest absolute Gasteiger partial charge is 0.143 e. The molecule has 0 radical (unpaired) electrons. The lowest BCUT2D eigenvalue weighted by molar-refractivity contribution is 0.670. The average Bonchev–Trinajstić information content (AvgIpc) is 3.78. The minimum Gasteiger partial charge on any atom is -0.455 e. The predicted octanol–water partition coefficient (Wildman–Crippen LogP) is 11.5. The molecule has 1 aromatic heterocycles. The first-order valence-corrected chi connectivity index (χ1v) is 25.0. The second-order valence-corrected chi connectivity index (χ2v) is 24.8. The molecule has 0 N–H and O–H groups in total. The van der Waals surface area contributed by atoms with Crippen LogP contribution in [0.4, 0.5) is 17.1 Å². The molecule has 2 aliphatic heterocycles. The molecule has 2 nitrogen and oxygen atoms in total. The third kappa shape index (κ3) is 4.38. The highest BCUT2D eigenvalue weighted by Gasteiger charge is 2.42. The Balaban J connectivity index is 1.11. The van der Waals surface area contributed by atoms with Crippen LogP contribution in [0.15, 0.2) is 168 Å². The van der Waals surface area contributed by atoms with Gasteiger partial charge in [-0.1, -0.05) is 148 Å². The fourth-order valence-corrected chi connectivity index (χ4v) is 15.8. The van der Waals surface area contributed by atoms with Crippen molar-refractivity contribution in [1.82, 2.24) is 0 Å². The highest BCUT2D eigenvalue weighted by atomic mass is 28.3. The van der Waals surface area contributed by atoms with Crippen molar-refractivity contribution in [3.05, 3.63) is 164 Å². The summed E-state index contributed by atoms with van der Waals surface area (Å²) in [6, 6.07) is 61.1. The molecule has 8 aromatic carbocycles. The van der Waals surface area contributed by atoms with Crippen molar-refractivity contribution in [3.63, 3.8) is 0 Å². The normalized spacial score (nSPS) is 14.6. The largest absolute Gasteiger partial charge is 0.455 e. The Hall–Kier alpha value is -5.95. The van der Waals surface area contributed by atoms with Crippen LogP contribution >= 0.6 is 0 Å². The molecule has 11 rings (SSSR count). The molecular weight excluding hydrogens is 687 g/mol. The number of rotatable bonds is 4. The predicted molar refractivity (Wildman–Crippen MR) is 236 cm³/mol. The van der Waals surface area contributed by atoms with Crippen LogP contribution in [0.25, 0.3) is 66.1 Å². The topological polar surface area (TPSA) is 16.4 Å². The molecule has 0 atom stereocenters. The maximum absolute atomic E-state index is 6.65. The maximum Gasteiger partial charge on any atom is 0.143 e. The average molecular weight is 726 g/mol. The van der Waals surface area contributed by atoms with E-state index in [4.69, 9.17) is 4.42 Å². The van der Waals surface area contributed by atoms with Crippen LogP contribution in [0, 0.1) is 0 Å². The van der Waals surface area contributed by atoms with Crippen molar-refractivity contribution in [2.24, 2.45) is 0 Å². The molecule has 0 bridgehead atoms. The van der Waals surface area contributed by atoms with Gasteiger partial charge >= 0.3 is 0 Å². The Morgan fingerprint density at radius 1 is 0.426 bits per heavy atom. The number of nitrogens with zero attached hydrogens (tertiary/aromatic N) is 1. The minimum absolute atomic E-state index is 0.952. The molecule has 0 aliphatic carbocycles. The third-order valence-corrected chi connectivity index (χ3v) is 19.5. The SMILES string of the molecule is C[Si]1(C)c2ccccc2-c2c(N(c3ccc(-c4ccc5ccccc5c4)cc3)c3ccc4c(c3)[Si](C)(C)c3ccc5c(oc6ccccc65)c3-4)cccc21. The molecular formula is C50H39NOSi2. The van der Waals surface area contributed by atoms with Crippen molar-refractivity contribution in [2.75, 3.05) is 4.90 Å². The fourth-order valence-electron chi connectivity index (χ4n) is 9.65. The molecule has 4 heteroatoms. The first-order chi connectivity index (χ1) is 26.3. The van der Waals surface area contributed by atoms with Gasteiger partial charge in [0.15, 0.2) is 0 Å². The number of para-hydroxylation sites is 1. The first kappa shape index (κ1) is 31.6. The molecule has 0 saturated carbocycles. The van der Waals surface area contributed by atoms with Crippen molar-refractivity contribution >= 4 is 86.7 Å². The molecule has 9 aromatic rings. The molecule has 0 unspecified atom stereocenters. The molecule has 258 valence electrons. The van der Waals surface area contributed by atoms with E-state index in [-0.39, 0.29) is 0 Å². The Morgan fingerprint density at radius 2 is 1.09 bits per heavy atom. The molecule has 54 heavy (non-hydrogen) atoms. The van der Waals surface area contributed by atoms with Crippen molar-refractivity contribution < 1.29 is 4.42 Å². The van der Waals surface area contributed by atoms with E-state index in [9.17, 15) is 0 Å². The van der Waals surface area contributed by atoms with Gasteiger partial charge in [0, 0.05) is 33.3 Å². The van der Waals surface area contributed by atoms with Gasteiger partial charge in [0.25, 0.3) is 0 Å². The zero-order valence-electron chi connectivity index (χ0n) is 30.9. The van der Waals surface area contributed by atoms with Gasteiger partial charge in [0.2, 0.25) is 0 Å². The van der Waals surface area contributed by atoms with Gasteiger partial charge in [-0.3, -0.25) is 0 Å². The monoisotopic (exact) mass is 725 g/mol. The van der Waals surface area contributed by atoms with Crippen LogP contribution in [-0.4, -0.2) is 16.1 Å². The van der Waals surface area contributed by atoms with Gasteiger partial charge in [-0.05, 0) is 96.2 Å². The summed E-state index contributed by atoms with van der Waals surface area (Å²) < 4.78 is 6.65. The number of fused-ring (bicyclic) bond motifs is 11. The van der Waals surface area contributed by atoms with E-state index in [1.54, 1.807) is 0 Å². The quantitative estimate of drug-likeness (QED) is 0.168. The van der Waals surface area contributed by atoms with Crippen LogP contribution < -0.4 is 25.6 Å². The zero-order valence-corrected chi connectivity index (χ0v) is 32.9. The summed E-state index contributed by atoms with van der Waals surface area (Å²) in [5, 5.41) is 10.9. The zero-order chi connectivity index (χ0) is 36.3. The van der Waals surface area contributed by atoms with Crippen LogP contribution in [-0.2, 0) is 0 Å². The van der Waals surface area contributed by atoms with Crippen molar-refractivity contribution in [3.8, 4) is 33.4 Å². The molecule has 3 heterocycles. The van der Waals surface area contributed by atoms with E-state index in [0.29, 0.717) is 0 Å².